The molecular weight excluding hydrogens is 480 g/mol. The highest BCUT2D eigenvalue weighted by Gasteiger charge is 2.46. The molecule has 0 aromatic carbocycles. The van der Waals surface area contributed by atoms with Crippen molar-refractivity contribution >= 4 is 47.8 Å². The molecule has 0 rings (SSSR count). The topological polar surface area (TPSA) is 317 Å². The zero-order valence-electron chi connectivity index (χ0n) is 16.6. The van der Waals surface area contributed by atoms with Crippen LogP contribution in [-0.4, -0.2) is 112 Å². The molecule has 0 aliphatic carbocycles. The van der Waals surface area contributed by atoms with Crippen LogP contribution in [0.25, 0.3) is 0 Å². The van der Waals surface area contributed by atoms with Crippen molar-refractivity contribution in [2.75, 3.05) is 0 Å². The molecule has 0 aromatic rings. The van der Waals surface area contributed by atoms with Crippen molar-refractivity contribution in [2.24, 2.45) is 0 Å². The Morgan fingerprint density at radius 3 is 1.32 bits per heavy atom. The lowest BCUT2D eigenvalue weighted by molar-refractivity contribution is -0.185. The first-order valence-electron chi connectivity index (χ1n) is 8.54. The summed E-state index contributed by atoms with van der Waals surface area (Å²) in [5.41, 5.74) is -6.65. The third-order valence-electron chi connectivity index (χ3n) is 3.82. The minimum atomic E-state index is -3.43. The van der Waals surface area contributed by atoms with E-state index >= 15 is 0 Å². The van der Waals surface area contributed by atoms with Gasteiger partial charge in [0.2, 0.25) is 6.10 Å². The number of aliphatic hydroxyl groups excluding tert-OH is 1. The van der Waals surface area contributed by atoms with Gasteiger partial charge in [0.1, 0.15) is 0 Å². The van der Waals surface area contributed by atoms with Gasteiger partial charge in [-0.3, -0.25) is 19.2 Å². The fraction of sp³-hybridized carbons (Fsp3) is 0.500. The van der Waals surface area contributed by atoms with Gasteiger partial charge in [0.05, 0.1) is 25.7 Å². The highest BCUT2D eigenvalue weighted by Crippen LogP contribution is 2.21. The van der Waals surface area contributed by atoms with Crippen LogP contribution in [-0.2, 0) is 47.8 Å². The molecule has 0 aliphatic heterocycles. The Morgan fingerprint density at radius 1 is 0.618 bits per heavy atom. The molecule has 4 atom stereocenters. The number of aliphatic hydroxyl groups is 3. The van der Waals surface area contributed by atoms with Gasteiger partial charge in [-0.2, -0.15) is 0 Å². The molecule has 0 amide bonds. The van der Waals surface area contributed by atoms with E-state index in [0.29, 0.717) is 0 Å². The highest BCUT2D eigenvalue weighted by atomic mass is 16.6. The van der Waals surface area contributed by atoms with E-state index in [0.717, 1.165) is 0 Å². The van der Waals surface area contributed by atoms with Crippen molar-refractivity contribution in [1.82, 2.24) is 0 Å². The van der Waals surface area contributed by atoms with Gasteiger partial charge >= 0.3 is 47.8 Å². The van der Waals surface area contributed by atoms with Crippen molar-refractivity contribution in [3.63, 3.8) is 0 Å². The predicted octanol–water partition coefficient (Wildman–Crippen LogP) is -4.23. The Hall–Kier alpha value is -4.16. The standard InChI is InChI=1S/C16H18O18/c17-5(18)1-15(31,13(27)28)2-6(19)33-7(20)3-16(32,14(29)30)4-8(21)34-10(12(25)26)9(22)11(23)24/h9-10,22,31-32H,1-4H2,(H,17,18)(H,23,24)(H,25,26)(H,27,28)(H,29,30). The SMILES string of the molecule is O=C(O)CC(O)(CC(=O)OC(=O)CC(O)(CC(=O)OC(C(=O)O)C(O)C(=O)O)C(=O)O)C(=O)O. The van der Waals surface area contributed by atoms with E-state index < -0.39 is 96.8 Å². The summed E-state index contributed by atoms with van der Waals surface area (Å²) in [7, 11) is 0. The highest BCUT2D eigenvalue weighted by molar-refractivity contribution is 5.95. The minimum absolute atomic E-state index is 1.50. The van der Waals surface area contributed by atoms with E-state index in [1.165, 1.54) is 0 Å². The Bertz CT molecular complexity index is 890. The largest absolute Gasteiger partial charge is 0.481 e. The van der Waals surface area contributed by atoms with Crippen molar-refractivity contribution in [3.05, 3.63) is 0 Å². The molecule has 0 bridgehead atoms. The summed E-state index contributed by atoms with van der Waals surface area (Å²) in [4.78, 5) is 89.7. The summed E-state index contributed by atoms with van der Waals surface area (Å²) in [6.45, 7) is 0. The second-order valence-electron chi connectivity index (χ2n) is 6.65. The summed E-state index contributed by atoms with van der Waals surface area (Å²) in [6, 6.07) is 0. The van der Waals surface area contributed by atoms with Gasteiger partial charge in [-0.05, 0) is 0 Å². The van der Waals surface area contributed by atoms with E-state index in [4.69, 9.17) is 25.5 Å². The third-order valence-corrected chi connectivity index (χ3v) is 3.82. The molecule has 0 heterocycles. The number of rotatable bonds is 14. The van der Waals surface area contributed by atoms with E-state index in [1.807, 2.05) is 0 Å². The number of carbonyl (C=O) groups excluding carboxylic acids is 3. The Labute approximate surface area is 186 Å². The Balaban J connectivity index is 5.37. The van der Waals surface area contributed by atoms with Gasteiger partial charge in [0.25, 0.3) is 0 Å². The number of carboxylic acids is 5. The Kier molecular flexibility index (Phi) is 10.2. The maximum atomic E-state index is 11.8. The van der Waals surface area contributed by atoms with Gasteiger partial charge < -0.3 is 50.3 Å². The molecule has 190 valence electrons. The maximum absolute atomic E-state index is 11.8. The van der Waals surface area contributed by atoms with E-state index in [1.54, 1.807) is 0 Å². The van der Waals surface area contributed by atoms with Crippen molar-refractivity contribution in [3.8, 4) is 0 Å². The normalized spacial score (nSPS) is 16.0. The van der Waals surface area contributed by atoms with Crippen LogP contribution in [0.3, 0.4) is 0 Å². The number of carbonyl (C=O) groups is 8. The summed E-state index contributed by atoms with van der Waals surface area (Å²) < 4.78 is 8.12. The van der Waals surface area contributed by atoms with Crippen LogP contribution in [0.4, 0.5) is 0 Å². The molecule has 18 nitrogen and oxygen atoms in total. The van der Waals surface area contributed by atoms with E-state index in [9.17, 15) is 53.7 Å². The molecule has 0 saturated heterocycles. The molecule has 4 unspecified atom stereocenters. The van der Waals surface area contributed by atoms with Gasteiger partial charge in [-0.15, -0.1) is 0 Å². The smallest absolute Gasteiger partial charge is 0.348 e. The van der Waals surface area contributed by atoms with Gasteiger partial charge in [0, 0.05) is 0 Å². The van der Waals surface area contributed by atoms with Crippen LogP contribution in [0.1, 0.15) is 25.7 Å². The number of esters is 3. The molecule has 0 radical (unpaired) electrons. The van der Waals surface area contributed by atoms with E-state index in [-0.39, 0.29) is 0 Å². The fourth-order valence-corrected chi connectivity index (χ4v) is 2.16. The first-order valence-corrected chi connectivity index (χ1v) is 8.54. The van der Waals surface area contributed by atoms with Crippen LogP contribution < -0.4 is 0 Å². The zero-order valence-corrected chi connectivity index (χ0v) is 16.6. The number of aliphatic carboxylic acids is 5. The first kappa shape index (κ1) is 29.8. The van der Waals surface area contributed by atoms with Gasteiger partial charge in [0.15, 0.2) is 17.3 Å². The van der Waals surface area contributed by atoms with Crippen LogP contribution in [0.15, 0.2) is 0 Å². The average molecular weight is 498 g/mol. The molecule has 0 aliphatic rings. The molecule has 0 aromatic heterocycles. The predicted molar refractivity (Wildman–Crippen MR) is 93.5 cm³/mol. The number of hydrogen-bond donors (Lipinski definition) is 8. The van der Waals surface area contributed by atoms with E-state index in [2.05, 4.69) is 9.47 Å². The third kappa shape index (κ3) is 8.76. The second-order valence-corrected chi connectivity index (χ2v) is 6.65. The van der Waals surface area contributed by atoms with Crippen LogP contribution in [0, 0.1) is 0 Å². The quantitative estimate of drug-likeness (QED) is 0.0830. The van der Waals surface area contributed by atoms with Crippen LogP contribution in [0.5, 0.6) is 0 Å². The molecule has 18 heteroatoms. The lowest BCUT2D eigenvalue weighted by Crippen LogP contribution is -2.47. The van der Waals surface area contributed by atoms with Crippen molar-refractivity contribution < 1.29 is 88.7 Å². The molecular formula is C16H18O18. The zero-order chi connectivity index (χ0) is 27.0. The fourth-order valence-electron chi connectivity index (χ4n) is 2.16. The molecule has 8 N–H and O–H groups in total. The maximum Gasteiger partial charge on any atom is 0.348 e. The Morgan fingerprint density at radius 2 is 1.00 bits per heavy atom. The molecule has 34 heavy (non-hydrogen) atoms. The average Bonchev–Trinajstić information content (AvgIpc) is 2.63. The summed E-state index contributed by atoms with van der Waals surface area (Å²) >= 11 is 0. The molecule has 0 saturated carbocycles. The summed E-state index contributed by atoms with van der Waals surface area (Å²) in [6.07, 6.45) is -12.1. The number of carboxylic acid groups (broad SMARTS) is 5. The van der Waals surface area contributed by atoms with Crippen molar-refractivity contribution in [1.29, 1.82) is 0 Å². The van der Waals surface area contributed by atoms with Crippen LogP contribution >= 0.6 is 0 Å². The number of ether oxygens (including phenoxy) is 2. The minimum Gasteiger partial charge on any atom is -0.481 e. The first-order chi connectivity index (χ1) is 15.3. The summed E-state index contributed by atoms with van der Waals surface area (Å²) in [5.74, 6) is -16.3. The lowest BCUT2D eigenvalue weighted by atomic mass is 9.95. The van der Waals surface area contributed by atoms with Crippen LogP contribution in [0.2, 0.25) is 0 Å². The summed E-state index contributed by atoms with van der Waals surface area (Å²) in [5, 5.41) is 72.8. The molecule has 0 spiro atoms. The van der Waals surface area contributed by atoms with Gasteiger partial charge in [-0.1, -0.05) is 0 Å². The van der Waals surface area contributed by atoms with Crippen molar-refractivity contribution in [2.45, 2.75) is 49.1 Å². The lowest BCUT2D eigenvalue weighted by Gasteiger charge is -2.23. The molecule has 0 fully saturated rings. The second kappa shape index (κ2) is 11.6. The number of hydrogen-bond acceptors (Lipinski definition) is 13. The monoisotopic (exact) mass is 498 g/mol. The van der Waals surface area contributed by atoms with Gasteiger partial charge in [-0.25, -0.2) is 19.2 Å².